The number of benzene rings is 1. The summed E-state index contributed by atoms with van der Waals surface area (Å²) in [5, 5.41) is 6.17. The molecule has 1 heterocycles. The number of nitrogens with one attached hydrogen (secondary N) is 2. The van der Waals surface area contributed by atoms with E-state index in [2.05, 4.69) is 26.6 Å². The molecule has 1 aromatic carbocycles. The summed E-state index contributed by atoms with van der Waals surface area (Å²) in [5.74, 6) is 0.0353. The molecule has 5 heteroatoms. The van der Waals surface area contributed by atoms with Gasteiger partial charge in [0.2, 0.25) is 5.91 Å². The molecule has 1 unspecified atom stereocenters. The Morgan fingerprint density at radius 1 is 1.58 bits per heavy atom. The van der Waals surface area contributed by atoms with Crippen LogP contribution in [0.2, 0.25) is 0 Å². The monoisotopic (exact) mass is 326 g/mol. The molecule has 19 heavy (non-hydrogen) atoms. The molecule has 0 saturated carbocycles. The second-order valence-corrected chi connectivity index (χ2v) is 5.66. The maximum absolute atomic E-state index is 11.9. The number of morpholine rings is 1. The summed E-state index contributed by atoms with van der Waals surface area (Å²) in [6.07, 6.45) is 0.414. The SMILES string of the molecule is Cc1ccc(Br)cc1CNC(=O)CC1CNCCO1. The van der Waals surface area contributed by atoms with Crippen LogP contribution >= 0.6 is 15.9 Å². The molecule has 0 radical (unpaired) electrons. The smallest absolute Gasteiger partial charge is 0.222 e. The van der Waals surface area contributed by atoms with E-state index < -0.39 is 0 Å². The van der Waals surface area contributed by atoms with E-state index in [9.17, 15) is 4.79 Å². The molecule has 4 nitrogen and oxygen atoms in total. The summed E-state index contributed by atoms with van der Waals surface area (Å²) in [7, 11) is 0. The largest absolute Gasteiger partial charge is 0.375 e. The van der Waals surface area contributed by atoms with Gasteiger partial charge in [-0.1, -0.05) is 22.0 Å². The number of carbonyl (C=O) groups is 1. The van der Waals surface area contributed by atoms with Crippen molar-refractivity contribution in [3.63, 3.8) is 0 Å². The minimum atomic E-state index is -0.00245. The van der Waals surface area contributed by atoms with Crippen molar-refractivity contribution >= 4 is 21.8 Å². The molecule has 1 amide bonds. The lowest BCUT2D eigenvalue weighted by atomic mass is 10.1. The first-order chi connectivity index (χ1) is 9.15. The molecular formula is C14H19BrN2O2. The number of carbonyl (C=O) groups excluding carboxylic acids is 1. The highest BCUT2D eigenvalue weighted by atomic mass is 79.9. The predicted octanol–water partition coefficient (Wildman–Crippen LogP) is 1.75. The van der Waals surface area contributed by atoms with Crippen LogP contribution in [-0.2, 0) is 16.1 Å². The van der Waals surface area contributed by atoms with Gasteiger partial charge in [0.15, 0.2) is 0 Å². The Kier molecular flexibility index (Phi) is 5.36. The van der Waals surface area contributed by atoms with Gasteiger partial charge in [-0.3, -0.25) is 4.79 Å². The van der Waals surface area contributed by atoms with Crippen LogP contribution in [0.3, 0.4) is 0 Å². The minimum absolute atomic E-state index is 0.00245. The second kappa shape index (κ2) is 7.03. The van der Waals surface area contributed by atoms with Crippen molar-refractivity contribution in [3.8, 4) is 0 Å². The number of halogens is 1. The van der Waals surface area contributed by atoms with Crippen LogP contribution in [0, 0.1) is 6.92 Å². The topological polar surface area (TPSA) is 50.4 Å². The van der Waals surface area contributed by atoms with E-state index in [-0.39, 0.29) is 12.0 Å². The number of amides is 1. The molecule has 1 aliphatic heterocycles. The van der Waals surface area contributed by atoms with Gasteiger partial charge in [0.25, 0.3) is 0 Å². The average Bonchev–Trinajstić information content (AvgIpc) is 2.41. The van der Waals surface area contributed by atoms with Crippen LogP contribution in [0.1, 0.15) is 17.5 Å². The normalized spacial score (nSPS) is 19.2. The van der Waals surface area contributed by atoms with E-state index in [0.29, 0.717) is 19.6 Å². The number of ether oxygens (including phenoxy) is 1. The third-order valence-corrected chi connectivity index (χ3v) is 3.70. The molecule has 104 valence electrons. The van der Waals surface area contributed by atoms with Gasteiger partial charge in [-0.05, 0) is 30.2 Å². The first kappa shape index (κ1) is 14.5. The molecule has 2 N–H and O–H groups in total. The van der Waals surface area contributed by atoms with Crippen molar-refractivity contribution in [2.45, 2.75) is 26.0 Å². The first-order valence-corrected chi connectivity index (χ1v) is 7.28. The molecule has 1 aromatic rings. The molecule has 1 saturated heterocycles. The summed E-state index contributed by atoms with van der Waals surface area (Å²) in [5.41, 5.74) is 2.31. The van der Waals surface area contributed by atoms with Crippen molar-refractivity contribution in [2.24, 2.45) is 0 Å². The van der Waals surface area contributed by atoms with Crippen LogP contribution in [-0.4, -0.2) is 31.7 Å². The molecule has 0 spiro atoms. The third-order valence-electron chi connectivity index (χ3n) is 3.20. The maximum atomic E-state index is 11.9. The Morgan fingerprint density at radius 3 is 3.16 bits per heavy atom. The van der Waals surface area contributed by atoms with Gasteiger partial charge in [0, 0.05) is 24.1 Å². The van der Waals surface area contributed by atoms with Crippen molar-refractivity contribution in [3.05, 3.63) is 33.8 Å². The van der Waals surface area contributed by atoms with Crippen molar-refractivity contribution in [2.75, 3.05) is 19.7 Å². The molecule has 2 rings (SSSR count). The van der Waals surface area contributed by atoms with Gasteiger partial charge in [0.05, 0.1) is 19.1 Å². The van der Waals surface area contributed by atoms with E-state index >= 15 is 0 Å². The van der Waals surface area contributed by atoms with Crippen LogP contribution in [0.5, 0.6) is 0 Å². The zero-order valence-electron chi connectivity index (χ0n) is 11.0. The number of rotatable bonds is 4. The van der Waals surface area contributed by atoms with E-state index in [0.717, 1.165) is 23.1 Å². The molecule has 1 atom stereocenters. The lowest BCUT2D eigenvalue weighted by molar-refractivity contribution is -0.124. The lowest BCUT2D eigenvalue weighted by Gasteiger charge is -2.23. The summed E-state index contributed by atoms with van der Waals surface area (Å²) in [6.45, 7) is 4.91. The fraction of sp³-hybridized carbons (Fsp3) is 0.500. The quantitative estimate of drug-likeness (QED) is 0.886. The van der Waals surface area contributed by atoms with Gasteiger partial charge in [-0.2, -0.15) is 0 Å². The van der Waals surface area contributed by atoms with Gasteiger partial charge in [-0.15, -0.1) is 0 Å². The summed E-state index contributed by atoms with van der Waals surface area (Å²) < 4.78 is 6.54. The Hall–Kier alpha value is -0.910. The molecule has 1 fully saturated rings. The zero-order valence-corrected chi connectivity index (χ0v) is 12.6. The fourth-order valence-corrected chi connectivity index (χ4v) is 2.46. The zero-order chi connectivity index (χ0) is 13.7. The van der Waals surface area contributed by atoms with Gasteiger partial charge in [-0.25, -0.2) is 0 Å². The van der Waals surface area contributed by atoms with Crippen molar-refractivity contribution in [1.29, 1.82) is 0 Å². The summed E-state index contributed by atoms with van der Waals surface area (Å²) in [4.78, 5) is 11.9. The molecule has 0 aromatic heterocycles. The van der Waals surface area contributed by atoms with Crippen molar-refractivity contribution in [1.82, 2.24) is 10.6 Å². The highest BCUT2D eigenvalue weighted by molar-refractivity contribution is 9.10. The fourth-order valence-electron chi connectivity index (χ4n) is 2.05. The Balaban J connectivity index is 1.81. The highest BCUT2D eigenvalue weighted by Crippen LogP contribution is 2.15. The lowest BCUT2D eigenvalue weighted by Crippen LogP contribution is -2.41. The Morgan fingerprint density at radius 2 is 2.42 bits per heavy atom. The predicted molar refractivity (Wildman–Crippen MR) is 78.0 cm³/mol. The summed E-state index contributed by atoms with van der Waals surface area (Å²) in [6, 6.07) is 6.08. The molecule has 1 aliphatic rings. The number of aryl methyl sites for hydroxylation is 1. The Bertz CT molecular complexity index is 445. The average molecular weight is 327 g/mol. The number of hydrogen-bond donors (Lipinski definition) is 2. The highest BCUT2D eigenvalue weighted by Gasteiger charge is 2.17. The molecule has 0 aliphatic carbocycles. The second-order valence-electron chi connectivity index (χ2n) is 4.75. The summed E-state index contributed by atoms with van der Waals surface area (Å²) >= 11 is 3.44. The van der Waals surface area contributed by atoms with E-state index in [1.807, 2.05) is 25.1 Å². The van der Waals surface area contributed by atoms with Gasteiger partial charge in [0.1, 0.15) is 0 Å². The van der Waals surface area contributed by atoms with E-state index in [4.69, 9.17) is 4.74 Å². The first-order valence-electron chi connectivity index (χ1n) is 6.49. The Labute approximate surface area is 122 Å². The van der Waals surface area contributed by atoms with E-state index in [1.165, 1.54) is 5.56 Å². The molecule has 0 bridgehead atoms. The van der Waals surface area contributed by atoms with E-state index in [1.54, 1.807) is 0 Å². The van der Waals surface area contributed by atoms with Crippen molar-refractivity contribution < 1.29 is 9.53 Å². The number of hydrogen-bond acceptors (Lipinski definition) is 3. The van der Waals surface area contributed by atoms with Gasteiger partial charge < -0.3 is 15.4 Å². The van der Waals surface area contributed by atoms with Crippen LogP contribution < -0.4 is 10.6 Å². The third kappa shape index (κ3) is 4.60. The standard InChI is InChI=1S/C14H19BrN2O2/c1-10-2-3-12(15)6-11(10)8-17-14(18)7-13-9-16-4-5-19-13/h2-3,6,13,16H,4-5,7-9H2,1H3,(H,17,18). The minimum Gasteiger partial charge on any atom is -0.375 e. The molecular weight excluding hydrogens is 308 g/mol. The van der Waals surface area contributed by atoms with Crippen LogP contribution in [0.4, 0.5) is 0 Å². The maximum Gasteiger partial charge on any atom is 0.222 e. The van der Waals surface area contributed by atoms with Gasteiger partial charge >= 0.3 is 0 Å². The van der Waals surface area contributed by atoms with Crippen LogP contribution in [0.15, 0.2) is 22.7 Å². The van der Waals surface area contributed by atoms with Crippen LogP contribution in [0.25, 0.3) is 0 Å².